The Balaban J connectivity index is 0.000000405. The normalized spacial score (nSPS) is 44.6. The lowest BCUT2D eigenvalue weighted by Gasteiger charge is -1.98. The van der Waals surface area contributed by atoms with Crippen molar-refractivity contribution >= 4 is 17.0 Å². The SMILES string of the molecule is Br.N#CC1NCC2CC21. The van der Waals surface area contributed by atoms with Crippen LogP contribution in [-0.4, -0.2) is 12.6 Å². The Kier molecular flexibility index (Phi) is 1.78. The molecule has 1 N–H and O–H groups in total. The van der Waals surface area contributed by atoms with Gasteiger partial charge in [0.05, 0.1) is 12.1 Å². The number of fused-ring (bicyclic) bond motifs is 1. The molecule has 3 heteroatoms. The smallest absolute Gasteiger partial charge is 0.0984 e. The molecule has 9 heavy (non-hydrogen) atoms. The van der Waals surface area contributed by atoms with Crippen LogP contribution in [0.15, 0.2) is 0 Å². The second kappa shape index (κ2) is 2.28. The molecule has 0 bridgehead atoms. The third kappa shape index (κ3) is 0.973. The van der Waals surface area contributed by atoms with Crippen LogP contribution in [-0.2, 0) is 0 Å². The van der Waals surface area contributed by atoms with Gasteiger partial charge in [-0.05, 0) is 24.8 Å². The molecule has 0 aromatic rings. The zero-order valence-electron chi connectivity index (χ0n) is 5.00. The Morgan fingerprint density at radius 2 is 2.33 bits per heavy atom. The van der Waals surface area contributed by atoms with E-state index in [9.17, 15) is 0 Å². The zero-order valence-corrected chi connectivity index (χ0v) is 6.71. The molecule has 0 radical (unpaired) electrons. The first kappa shape index (κ1) is 7.04. The number of nitriles is 1. The summed E-state index contributed by atoms with van der Waals surface area (Å²) < 4.78 is 0. The van der Waals surface area contributed by atoms with Gasteiger partial charge in [0.2, 0.25) is 0 Å². The molecule has 0 aromatic carbocycles. The van der Waals surface area contributed by atoms with Crippen molar-refractivity contribution < 1.29 is 0 Å². The highest BCUT2D eigenvalue weighted by molar-refractivity contribution is 8.93. The monoisotopic (exact) mass is 188 g/mol. The van der Waals surface area contributed by atoms with Gasteiger partial charge in [-0.1, -0.05) is 0 Å². The minimum absolute atomic E-state index is 0. The molecule has 1 aliphatic heterocycles. The first-order chi connectivity index (χ1) is 3.92. The van der Waals surface area contributed by atoms with E-state index in [0.717, 1.165) is 18.4 Å². The van der Waals surface area contributed by atoms with Gasteiger partial charge in [-0.3, -0.25) is 0 Å². The summed E-state index contributed by atoms with van der Waals surface area (Å²) in [6.45, 7) is 1.09. The highest BCUT2D eigenvalue weighted by atomic mass is 79.9. The molecule has 2 nitrogen and oxygen atoms in total. The molecule has 1 heterocycles. The van der Waals surface area contributed by atoms with Crippen molar-refractivity contribution in [2.75, 3.05) is 6.54 Å². The average molecular weight is 189 g/mol. The standard InChI is InChI=1S/C6H8N2.BrH/c7-2-6-5-1-4(5)3-8-6;/h4-6,8H,1,3H2;1H. The fourth-order valence-corrected chi connectivity index (χ4v) is 1.49. The summed E-state index contributed by atoms with van der Waals surface area (Å²) in [5.41, 5.74) is 0. The maximum atomic E-state index is 8.45. The number of nitrogens with one attached hydrogen (secondary N) is 1. The molecular formula is C6H9BrN2. The molecule has 0 spiro atoms. The number of rotatable bonds is 0. The predicted octanol–water partition coefficient (Wildman–Crippen LogP) is 0.696. The molecule has 1 aliphatic carbocycles. The Morgan fingerprint density at radius 3 is 2.56 bits per heavy atom. The van der Waals surface area contributed by atoms with Crippen LogP contribution in [0.4, 0.5) is 0 Å². The topological polar surface area (TPSA) is 35.8 Å². The van der Waals surface area contributed by atoms with Gasteiger partial charge in [0.15, 0.2) is 0 Å². The van der Waals surface area contributed by atoms with Gasteiger partial charge in [0, 0.05) is 0 Å². The first-order valence-corrected chi connectivity index (χ1v) is 3.05. The number of hydrogen-bond donors (Lipinski definition) is 1. The number of nitrogens with zero attached hydrogens (tertiary/aromatic N) is 1. The molecule has 3 unspecified atom stereocenters. The van der Waals surface area contributed by atoms with E-state index < -0.39 is 0 Å². The average Bonchev–Trinajstić information content (AvgIpc) is 2.46. The lowest BCUT2D eigenvalue weighted by Crippen LogP contribution is -2.23. The van der Waals surface area contributed by atoms with E-state index in [2.05, 4.69) is 11.4 Å². The van der Waals surface area contributed by atoms with Crippen molar-refractivity contribution in [3.8, 4) is 6.07 Å². The number of hydrogen-bond acceptors (Lipinski definition) is 2. The maximum absolute atomic E-state index is 8.45. The minimum atomic E-state index is 0. The van der Waals surface area contributed by atoms with Crippen LogP contribution in [0.2, 0.25) is 0 Å². The molecule has 50 valence electrons. The van der Waals surface area contributed by atoms with Crippen molar-refractivity contribution in [2.45, 2.75) is 12.5 Å². The largest absolute Gasteiger partial charge is 0.301 e. The van der Waals surface area contributed by atoms with E-state index in [0.29, 0.717) is 0 Å². The van der Waals surface area contributed by atoms with Gasteiger partial charge in [-0.2, -0.15) is 5.26 Å². The summed E-state index contributed by atoms with van der Waals surface area (Å²) >= 11 is 0. The molecule has 2 fully saturated rings. The van der Waals surface area contributed by atoms with Crippen LogP contribution < -0.4 is 5.32 Å². The van der Waals surface area contributed by atoms with E-state index in [4.69, 9.17) is 5.26 Å². The molecule has 1 saturated heterocycles. The van der Waals surface area contributed by atoms with Gasteiger partial charge < -0.3 is 5.32 Å². The summed E-state index contributed by atoms with van der Waals surface area (Å²) in [5.74, 6) is 1.58. The van der Waals surface area contributed by atoms with E-state index in [1.165, 1.54) is 6.42 Å². The first-order valence-electron chi connectivity index (χ1n) is 3.05. The van der Waals surface area contributed by atoms with Gasteiger partial charge in [-0.25, -0.2) is 0 Å². The summed E-state index contributed by atoms with van der Waals surface area (Å²) in [4.78, 5) is 0. The van der Waals surface area contributed by atoms with Crippen LogP contribution in [0.25, 0.3) is 0 Å². The Hall–Kier alpha value is -0.0700. The van der Waals surface area contributed by atoms with Crippen molar-refractivity contribution in [1.29, 1.82) is 5.26 Å². The summed E-state index contributed by atoms with van der Waals surface area (Å²) in [5, 5.41) is 11.6. The zero-order chi connectivity index (χ0) is 5.56. The van der Waals surface area contributed by atoms with Gasteiger partial charge in [0.25, 0.3) is 0 Å². The van der Waals surface area contributed by atoms with Crippen molar-refractivity contribution in [2.24, 2.45) is 11.8 Å². The van der Waals surface area contributed by atoms with Crippen LogP contribution >= 0.6 is 17.0 Å². The van der Waals surface area contributed by atoms with Gasteiger partial charge >= 0.3 is 0 Å². The van der Waals surface area contributed by atoms with E-state index >= 15 is 0 Å². The summed E-state index contributed by atoms with van der Waals surface area (Å²) in [6, 6.07) is 2.44. The summed E-state index contributed by atoms with van der Waals surface area (Å²) in [6.07, 6.45) is 1.30. The second-order valence-electron chi connectivity index (χ2n) is 2.67. The molecular weight excluding hydrogens is 180 g/mol. The highest BCUT2D eigenvalue weighted by Gasteiger charge is 2.48. The number of halogens is 1. The molecule has 1 saturated carbocycles. The maximum Gasteiger partial charge on any atom is 0.0984 e. The van der Waals surface area contributed by atoms with Crippen LogP contribution in [0.3, 0.4) is 0 Å². The fraction of sp³-hybridized carbons (Fsp3) is 0.833. The van der Waals surface area contributed by atoms with E-state index in [-0.39, 0.29) is 23.0 Å². The van der Waals surface area contributed by atoms with E-state index in [1.54, 1.807) is 0 Å². The van der Waals surface area contributed by atoms with Crippen molar-refractivity contribution in [3.05, 3.63) is 0 Å². The van der Waals surface area contributed by atoms with Crippen molar-refractivity contribution in [1.82, 2.24) is 5.32 Å². The van der Waals surface area contributed by atoms with Crippen LogP contribution in [0, 0.1) is 23.2 Å². The lowest BCUT2D eigenvalue weighted by molar-refractivity contribution is 0.640. The Labute approximate surface area is 65.0 Å². The van der Waals surface area contributed by atoms with Crippen molar-refractivity contribution in [3.63, 3.8) is 0 Å². The minimum Gasteiger partial charge on any atom is -0.301 e. The Bertz CT molecular complexity index is 152. The van der Waals surface area contributed by atoms with E-state index in [1.807, 2.05) is 0 Å². The molecule has 2 rings (SSSR count). The van der Waals surface area contributed by atoms with Gasteiger partial charge in [-0.15, -0.1) is 17.0 Å². The van der Waals surface area contributed by atoms with Gasteiger partial charge in [0.1, 0.15) is 0 Å². The third-order valence-electron chi connectivity index (χ3n) is 2.14. The fourth-order valence-electron chi connectivity index (χ4n) is 1.49. The molecule has 0 aromatic heterocycles. The summed E-state index contributed by atoms with van der Waals surface area (Å²) in [7, 11) is 0. The predicted molar refractivity (Wildman–Crippen MR) is 39.3 cm³/mol. The molecule has 2 aliphatic rings. The van der Waals surface area contributed by atoms with Crippen LogP contribution in [0.1, 0.15) is 6.42 Å². The molecule has 0 amide bonds. The van der Waals surface area contributed by atoms with Crippen LogP contribution in [0.5, 0.6) is 0 Å². The highest BCUT2D eigenvalue weighted by Crippen LogP contribution is 2.44. The third-order valence-corrected chi connectivity index (χ3v) is 2.14. The number of piperidine rings is 1. The second-order valence-corrected chi connectivity index (χ2v) is 2.67. The quantitative estimate of drug-likeness (QED) is 0.608. The molecule has 3 atom stereocenters. The lowest BCUT2D eigenvalue weighted by atomic mass is 10.2. The Morgan fingerprint density at radius 1 is 1.56 bits per heavy atom.